The summed E-state index contributed by atoms with van der Waals surface area (Å²) in [5.74, 6) is -0.515. The first-order valence-corrected chi connectivity index (χ1v) is 10.2. The summed E-state index contributed by atoms with van der Waals surface area (Å²) < 4.78 is 13.1. The lowest BCUT2D eigenvalue weighted by molar-refractivity contribution is -0.120. The van der Waals surface area contributed by atoms with Gasteiger partial charge in [0.05, 0.1) is 17.5 Å². The van der Waals surface area contributed by atoms with E-state index in [1.165, 1.54) is 0 Å². The number of aromatic nitrogens is 2. The number of nitrogens with zero attached hydrogens (tertiary/aromatic N) is 2. The molecule has 2 aliphatic rings. The van der Waals surface area contributed by atoms with Gasteiger partial charge in [0.25, 0.3) is 0 Å². The molecule has 2 heterocycles. The summed E-state index contributed by atoms with van der Waals surface area (Å²) in [5.41, 5.74) is 3.79. The average molecular weight is 405 g/mol. The number of alkyl halides is 1. The molecule has 0 radical (unpaired) electrons. The third kappa shape index (κ3) is 4.08. The second kappa shape index (κ2) is 7.94. The van der Waals surface area contributed by atoms with E-state index in [4.69, 9.17) is 0 Å². The Morgan fingerprint density at radius 1 is 1.13 bits per heavy atom. The number of allylic oxidation sites excluding steroid dienone is 6. The van der Waals surface area contributed by atoms with Gasteiger partial charge in [-0.15, -0.1) is 0 Å². The largest absolute Gasteiger partial charge is 0.310 e. The Morgan fingerprint density at radius 3 is 2.53 bits per heavy atom. The van der Waals surface area contributed by atoms with Crippen molar-refractivity contribution < 1.29 is 14.0 Å². The van der Waals surface area contributed by atoms with Gasteiger partial charge in [-0.25, -0.2) is 9.37 Å². The van der Waals surface area contributed by atoms with E-state index in [-0.39, 0.29) is 24.0 Å². The predicted molar refractivity (Wildman–Crippen MR) is 115 cm³/mol. The lowest BCUT2D eigenvalue weighted by atomic mass is 9.96. The fourth-order valence-electron chi connectivity index (χ4n) is 3.69. The zero-order valence-corrected chi connectivity index (χ0v) is 17.3. The molecule has 2 aromatic heterocycles. The highest BCUT2D eigenvalue weighted by atomic mass is 19.1. The number of carbonyl (C=O) groups is 2. The van der Waals surface area contributed by atoms with Crippen LogP contribution in [0.3, 0.4) is 0 Å². The van der Waals surface area contributed by atoms with E-state index in [9.17, 15) is 14.0 Å². The molecule has 2 aliphatic carbocycles. The molecular formula is C24H24FN3O2. The number of hydrogen-bond acceptors (Lipinski definition) is 4. The van der Waals surface area contributed by atoms with E-state index in [0.717, 1.165) is 33.2 Å². The molecule has 0 spiro atoms. The first kappa shape index (κ1) is 20.1. The van der Waals surface area contributed by atoms with Crippen molar-refractivity contribution in [3.63, 3.8) is 0 Å². The van der Waals surface area contributed by atoms with E-state index in [2.05, 4.69) is 15.3 Å². The number of hydrogen-bond donors (Lipinski definition) is 1. The fraction of sp³-hybridized carbons (Fsp3) is 0.333. The van der Waals surface area contributed by atoms with Crippen LogP contribution < -0.4 is 5.32 Å². The number of amides is 1. The highest BCUT2D eigenvalue weighted by molar-refractivity contribution is 5.96. The van der Waals surface area contributed by atoms with Gasteiger partial charge in [-0.2, -0.15) is 0 Å². The molecule has 4 rings (SSSR count). The van der Waals surface area contributed by atoms with E-state index in [1.807, 2.05) is 45.1 Å². The second-order valence-corrected chi connectivity index (χ2v) is 8.00. The number of nitrogens with one attached hydrogen (secondary N) is 1. The highest BCUT2D eigenvalue weighted by Crippen LogP contribution is 2.35. The first-order chi connectivity index (χ1) is 14.4. The molecule has 1 saturated carbocycles. The molecular weight excluding hydrogens is 381 g/mol. The molecule has 0 aliphatic heterocycles. The van der Waals surface area contributed by atoms with Crippen molar-refractivity contribution in [3.05, 3.63) is 59.6 Å². The number of fused-ring (bicyclic) bond motifs is 1. The summed E-state index contributed by atoms with van der Waals surface area (Å²) in [6.07, 6.45) is 9.19. The molecule has 1 amide bonds. The minimum atomic E-state index is -1.04. The number of halogens is 1. The molecule has 1 unspecified atom stereocenters. The maximum Gasteiger partial charge on any atom is 0.231 e. The number of pyridine rings is 2. The normalized spacial score (nSPS) is 23.2. The van der Waals surface area contributed by atoms with Crippen molar-refractivity contribution in [2.75, 3.05) is 5.32 Å². The summed E-state index contributed by atoms with van der Waals surface area (Å²) in [6, 6.07) is 3.69. The van der Waals surface area contributed by atoms with Crippen LogP contribution in [-0.4, -0.2) is 27.8 Å². The van der Waals surface area contributed by atoms with Crippen LogP contribution in [0.25, 0.3) is 16.3 Å². The molecule has 2 aromatic rings. The molecule has 30 heavy (non-hydrogen) atoms. The van der Waals surface area contributed by atoms with Crippen LogP contribution in [0.5, 0.6) is 0 Å². The Bertz CT molecular complexity index is 1130. The smallest absolute Gasteiger partial charge is 0.231 e. The van der Waals surface area contributed by atoms with Crippen LogP contribution in [0.2, 0.25) is 0 Å². The molecule has 6 heteroatoms. The number of ketones is 1. The maximum atomic E-state index is 13.1. The van der Waals surface area contributed by atoms with E-state index in [1.54, 1.807) is 18.5 Å². The van der Waals surface area contributed by atoms with Crippen molar-refractivity contribution in [2.24, 2.45) is 11.8 Å². The number of rotatable bonds is 5. The van der Waals surface area contributed by atoms with Gasteiger partial charge in [0.2, 0.25) is 5.91 Å². The lowest BCUT2D eigenvalue weighted by Crippen LogP contribution is -2.15. The second-order valence-electron chi connectivity index (χ2n) is 8.00. The Kier molecular flexibility index (Phi) is 5.33. The van der Waals surface area contributed by atoms with Gasteiger partial charge in [0.1, 0.15) is 17.8 Å². The van der Waals surface area contributed by atoms with Crippen LogP contribution >= 0.6 is 0 Å². The third-order valence-corrected chi connectivity index (χ3v) is 5.57. The monoisotopic (exact) mass is 405 g/mol. The Balaban J connectivity index is 1.62. The Labute approximate surface area is 174 Å². The van der Waals surface area contributed by atoms with Gasteiger partial charge in [-0.1, -0.05) is 24.6 Å². The van der Waals surface area contributed by atoms with E-state index >= 15 is 0 Å². The van der Waals surface area contributed by atoms with Crippen molar-refractivity contribution in [1.82, 2.24) is 9.97 Å². The van der Waals surface area contributed by atoms with Crippen LogP contribution in [0.1, 0.15) is 39.3 Å². The standard InChI is InChI=1S/C24H24FN3O2/c1-4-22(29)15-5-13(2)6-18(14(3)7-15)21-8-16-12-27-23(9-17(16)11-26-21)28-24(30)19-10-20(19)25/h5-9,11-12,15,19-20H,4,10H2,1-3H3,(H,27,28,30)/t15?,19-,20+/m0/s1. The summed E-state index contributed by atoms with van der Waals surface area (Å²) >= 11 is 0. The van der Waals surface area contributed by atoms with Crippen molar-refractivity contribution >= 4 is 33.9 Å². The molecule has 3 atom stereocenters. The van der Waals surface area contributed by atoms with E-state index < -0.39 is 12.1 Å². The molecule has 1 N–H and O–H groups in total. The average Bonchev–Trinajstić information content (AvgIpc) is 3.49. The molecule has 0 aromatic carbocycles. The maximum absolute atomic E-state index is 13.1. The van der Waals surface area contributed by atoms with Gasteiger partial charge < -0.3 is 5.32 Å². The summed E-state index contributed by atoms with van der Waals surface area (Å²) in [5, 5.41) is 4.38. The molecule has 154 valence electrons. The SMILES string of the molecule is CCC(=O)C1C=C(C)C=C(c2cc3cnc(NC(=O)[C@H]4C[C@H]4F)cc3cn2)C(C)=C1. The summed E-state index contributed by atoms with van der Waals surface area (Å²) in [6.45, 7) is 5.86. The highest BCUT2D eigenvalue weighted by Gasteiger charge is 2.43. The van der Waals surface area contributed by atoms with Crippen LogP contribution in [0.15, 0.2) is 53.9 Å². The zero-order valence-electron chi connectivity index (χ0n) is 17.3. The number of anilines is 1. The molecule has 1 fully saturated rings. The van der Waals surface area contributed by atoms with E-state index in [0.29, 0.717) is 12.2 Å². The van der Waals surface area contributed by atoms with Crippen LogP contribution in [-0.2, 0) is 9.59 Å². The zero-order chi connectivity index (χ0) is 21.4. The van der Waals surface area contributed by atoms with Gasteiger partial charge in [0.15, 0.2) is 0 Å². The Hall–Kier alpha value is -3.15. The Morgan fingerprint density at radius 2 is 1.83 bits per heavy atom. The topological polar surface area (TPSA) is 72.0 Å². The minimum absolute atomic E-state index is 0.193. The van der Waals surface area contributed by atoms with Gasteiger partial charge in [-0.3, -0.25) is 14.6 Å². The fourth-order valence-corrected chi connectivity index (χ4v) is 3.69. The van der Waals surface area contributed by atoms with Gasteiger partial charge in [0, 0.05) is 35.2 Å². The number of carbonyl (C=O) groups excluding carboxylic acids is 2. The molecule has 0 bridgehead atoms. The van der Waals surface area contributed by atoms with Crippen molar-refractivity contribution in [1.29, 1.82) is 0 Å². The van der Waals surface area contributed by atoms with Gasteiger partial charge >= 0.3 is 0 Å². The molecule has 0 saturated heterocycles. The molecule has 5 nitrogen and oxygen atoms in total. The van der Waals surface area contributed by atoms with Crippen molar-refractivity contribution in [2.45, 2.75) is 39.8 Å². The third-order valence-electron chi connectivity index (χ3n) is 5.57. The summed E-state index contributed by atoms with van der Waals surface area (Å²) in [4.78, 5) is 33.0. The first-order valence-electron chi connectivity index (χ1n) is 10.2. The number of Topliss-reactive ketones (excluding diaryl/α,β-unsaturated/α-hetero) is 1. The minimum Gasteiger partial charge on any atom is -0.310 e. The van der Waals surface area contributed by atoms with Gasteiger partial charge in [-0.05, 0) is 44.1 Å². The van der Waals surface area contributed by atoms with Crippen molar-refractivity contribution in [3.8, 4) is 0 Å². The quantitative estimate of drug-likeness (QED) is 0.775. The lowest BCUT2D eigenvalue weighted by Gasteiger charge is -2.10. The van der Waals surface area contributed by atoms with Crippen LogP contribution in [0, 0.1) is 11.8 Å². The predicted octanol–water partition coefficient (Wildman–Crippen LogP) is 4.81. The van der Waals surface area contributed by atoms with Crippen LogP contribution in [0.4, 0.5) is 10.2 Å². The summed E-state index contributed by atoms with van der Waals surface area (Å²) in [7, 11) is 0.